The number of rotatable bonds is 2. The molecule has 0 aliphatic carbocycles. The van der Waals surface area contributed by atoms with Crippen LogP contribution in [-0.4, -0.2) is 26.2 Å². The van der Waals surface area contributed by atoms with E-state index in [1.54, 1.807) is 0 Å². The third kappa shape index (κ3) is 2.18. The van der Waals surface area contributed by atoms with Crippen LogP contribution in [-0.2, 0) is 0 Å². The molecule has 1 N–H and O–H groups in total. The SMILES string of the molecule is CNC1CCN(c2cccc(Br)c2C)C1. The lowest BCUT2D eigenvalue weighted by atomic mass is 10.2. The van der Waals surface area contributed by atoms with Crippen LogP contribution in [0.5, 0.6) is 0 Å². The van der Waals surface area contributed by atoms with E-state index in [-0.39, 0.29) is 0 Å². The lowest BCUT2D eigenvalue weighted by Gasteiger charge is -2.21. The van der Waals surface area contributed by atoms with E-state index in [9.17, 15) is 0 Å². The Hall–Kier alpha value is -0.540. The summed E-state index contributed by atoms with van der Waals surface area (Å²) in [6.07, 6.45) is 1.24. The molecule has 3 heteroatoms. The molecule has 1 aliphatic heterocycles. The first-order valence-corrected chi connectivity index (χ1v) is 6.19. The first-order chi connectivity index (χ1) is 7.22. The second kappa shape index (κ2) is 4.54. The van der Waals surface area contributed by atoms with Gasteiger partial charge >= 0.3 is 0 Å². The van der Waals surface area contributed by atoms with Crippen LogP contribution in [0.4, 0.5) is 5.69 Å². The molecular weight excluding hydrogens is 252 g/mol. The zero-order valence-corrected chi connectivity index (χ0v) is 10.8. The molecule has 1 aromatic rings. The van der Waals surface area contributed by atoms with Crippen molar-refractivity contribution < 1.29 is 0 Å². The Bertz CT molecular complexity index is 351. The maximum atomic E-state index is 3.58. The van der Waals surface area contributed by atoms with Crippen LogP contribution in [0.2, 0.25) is 0 Å². The summed E-state index contributed by atoms with van der Waals surface area (Å²) in [6.45, 7) is 4.45. The molecule has 2 rings (SSSR count). The summed E-state index contributed by atoms with van der Waals surface area (Å²) >= 11 is 3.58. The van der Waals surface area contributed by atoms with E-state index in [1.807, 2.05) is 7.05 Å². The maximum Gasteiger partial charge on any atom is 0.0407 e. The van der Waals surface area contributed by atoms with Crippen molar-refractivity contribution in [1.82, 2.24) is 5.32 Å². The van der Waals surface area contributed by atoms with Gasteiger partial charge in [-0.1, -0.05) is 22.0 Å². The van der Waals surface area contributed by atoms with Gasteiger partial charge in [0.15, 0.2) is 0 Å². The van der Waals surface area contributed by atoms with Crippen LogP contribution >= 0.6 is 15.9 Å². The van der Waals surface area contributed by atoms with Gasteiger partial charge in [0, 0.05) is 29.3 Å². The van der Waals surface area contributed by atoms with Crippen LogP contribution in [0.1, 0.15) is 12.0 Å². The Balaban J connectivity index is 2.20. The second-order valence-corrected chi connectivity index (χ2v) is 4.96. The van der Waals surface area contributed by atoms with E-state index in [4.69, 9.17) is 0 Å². The normalized spacial score (nSPS) is 21.0. The predicted octanol–water partition coefficient (Wildman–Crippen LogP) is 2.56. The van der Waals surface area contributed by atoms with E-state index < -0.39 is 0 Å². The van der Waals surface area contributed by atoms with Crippen LogP contribution in [0.15, 0.2) is 22.7 Å². The Labute approximate surface area is 99.8 Å². The maximum absolute atomic E-state index is 3.58. The van der Waals surface area contributed by atoms with E-state index in [2.05, 4.69) is 51.3 Å². The fourth-order valence-corrected chi connectivity index (χ4v) is 2.51. The fraction of sp³-hybridized carbons (Fsp3) is 0.500. The van der Waals surface area contributed by atoms with Gasteiger partial charge in [-0.15, -0.1) is 0 Å². The highest BCUT2D eigenvalue weighted by molar-refractivity contribution is 9.10. The van der Waals surface area contributed by atoms with Crippen molar-refractivity contribution in [2.24, 2.45) is 0 Å². The van der Waals surface area contributed by atoms with Gasteiger partial charge in [0.2, 0.25) is 0 Å². The van der Waals surface area contributed by atoms with Gasteiger partial charge in [0.05, 0.1) is 0 Å². The van der Waals surface area contributed by atoms with E-state index in [1.165, 1.54) is 22.1 Å². The van der Waals surface area contributed by atoms with Crippen molar-refractivity contribution in [2.75, 3.05) is 25.0 Å². The van der Waals surface area contributed by atoms with Crippen LogP contribution in [0.25, 0.3) is 0 Å². The predicted molar refractivity (Wildman–Crippen MR) is 68.6 cm³/mol. The van der Waals surface area contributed by atoms with Gasteiger partial charge in [-0.05, 0) is 38.1 Å². The number of nitrogens with one attached hydrogen (secondary N) is 1. The average Bonchev–Trinajstić information content (AvgIpc) is 2.70. The molecule has 1 aliphatic rings. The number of hydrogen-bond donors (Lipinski definition) is 1. The molecule has 0 amide bonds. The van der Waals surface area contributed by atoms with Gasteiger partial charge in [-0.3, -0.25) is 0 Å². The minimum Gasteiger partial charge on any atom is -0.370 e. The number of anilines is 1. The van der Waals surface area contributed by atoms with Gasteiger partial charge in [-0.25, -0.2) is 0 Å². The number of halogens is 1. The standard InChI is InChI=1S/C12H17BrN2/c1-9-11(13)4-3-5-12(9)15-7-6-10(8-15)14-2/h3-5,10,14H,6-8H2,1-2H3. The summed E-state index contributed by atoms with van der Waals surface area (Å²) in [5, 5.41) is 3.34. The first kappa shape index (κ1) is 11.0. The van der Waals surface area contributed by atoms with Crippen LogP contribution in [0, 0.1) is 6.92 Å². The van der Waals surface area contributed by atoms with Crippen molar-refractivity contribution in [3.05, 3.63) is 28.2 Å². The Morgan fingerprint density at radius 3 is 2.93 bits per heavy atom. The molecule has 82 valence electrons. The summed E-state index contributed by atoms with van der Waals surface area (Å²) in [4.78, 5) is 2.46. The van der Waals surface area contributed by atoms with Crippen molar-refractivity contribution in [3.8, 4) is 0 Å². The Morgan fingerprint density at radius 2 is 2.27 bits per heavy atom. The minimum atomic E-state index is 0.642. The van der Waals surface area contributed by atoms with E-state index >= 15 is 0 Å². The third-order valence-electron chi connectivity index (χ3n) is 3.18. The molecule has 0 spiro atoms. The molecule has 1 fully saturated rings. The molecule has 0 radical (unpaired) electrons. The van der Waals surface area contributed by atoms with Crippen molar-refractivity contribution in [3.63, 3.8) is 0 Å². The second-order valence-electron chi connectivity index (χ2n) is 4.10. The lowest BCUT2D eigenvalue weighted by molar-refractivity contribution is 0.617. The zero-order valence-electron chi connectivity index (χ0n) is 9.26. The summed E-state index contributed by atoms with van der Waals surface area (Å²) in [5.74, 6) is 0. The van der Waals surface area contributed by atoms with Crippen LogP contribution < -0.4 is 10.2 Å². The van der Waals surface area contributed by atoms with E-state index in [0.29, 0.717) is 6.04 Å². The Morgan fingerprint density at radius 1 is 1.47 bits per heavy atom. The highest BCUT2D eigenvalue weighted by Gasteiger charge is 2.22. The zero-order chi connectivity index (χ0) is 10.8. The summed E-state index contributed by atoms with van der Waals surface area (Å²) < 4.78 is 1.20. The molecule has 1 heterocycles. The van der Waals surface area contributed by atoms with Gasteiger partial charge < -0.3 is 10.2 Å². The third-order valence-corrected chi connectivity index (χ3v) is 4.04. The molecule has 0 aromatic heterocycles. The smallest absolute Gasteiger partial charge is 0.0407 e. The summed E-state index contributed by atoms with van der Waals surface area (Å²) in [6, 6.07) is 7.06. The molecule has 1 unspecified atom stereocenters. The quantitative estimate of drug-likeness (QED) is 0.887. The molecule has 1 saturated heterocycles. The number of hydrogen-bond acceptors (Lipinski definition) is 2. The van der Waals surface area contributed by atoms with Gasteiger partial charge in [-0.2, -0.15) is 0 Å². The summed E-state index contributed by atoms with van der Waals surface area (Å²) in [5.41, 5.74) is 2.70. The highest BCUT2D eigenvalue weighted by Crippen LogP contribution is 2.29. The molecule has 0 saturated carbocycles. The summed E-state index contributed by atoms with van der Waals surface area (Å²) in [7, 11) is 2.04. The number of likely N-dealkylation sites (N-methyl/N-ethyl adjacent to an activating group) is 1. The van der Waals surface area contributed by atoms with Crippen molar-refractivity contribution in [1.29, 1.82) is 0 Å². The fourth-order valence-electron chi connectivity index (χ4n) is 2.15. The molecule has 1 aromatic carbocycles. The molecule has 2 nitrogen and oxygen atoms in total. The molecular formula is C12H17BrN2. The number of nitrogens with zero attached hydrogens (tertiary/aromatic N) is 1. The average molecular weight is 269 g/mol. The van der Waals surface area contributed by atoms with Crippen molar-refractivity contribution in [2.45, 2.75) is 19.4 Å². The molecule has 1 atom stereocenters. The van der Waals surface area contributed by atoms with E-state index in [0.717, 1.165) is 13.1 Å². The van der Waals surface area contributed by atoms with Gasteiger partial charge in [0.1, 0.15) is 0 Å². The Kier molecular flexibility index (Phi) is 3.32. The lowest BCUT2D eigenvalue weighted by Crippen LogP contribution is -2.29. The van der Waals surface area contributed by atoms with Gasteiger partial charge in [0.25, 0.3) is 0 Å². The highest BCUT2D eigenvalue weighted by atomic mass is 79.9. The largest absolute Gasteiger partial charge is 0.370 e. The molecule has 15 heavy (non-hydrogen) atoms. The molecule has 0 bridgehead atoms. The minimum absolute atomic E-state index is 0.642. The van der Waals surface area contributed by atoms with Crippen molar-refractivity contribution >= 4 is 21.6 Å². The first-order valence-electron chi connectivity index (χ1n) is 5.39. The monoisotopic (exact) mass is 268 g/mol. The number of benzene rings is 1. The van der Waals surface area contributed by atoms with Crippen LogP contribution in [0.3, 0.4) is 0 Å². The topological polar surface area (TPSA) is 15.3 Å².